The highest BCUT2D eigenvalue weighted by molar-refractivity contribution is 6.76. The van der Waals surface area contributed by atoms with Gasteiger partial charge in [0, 0.05) is 0 Å². The van der Waals surface area contributed by atoms with Crippen molar-refractivity contribution in [2.45, 2.75) is 35.3 Å². The molecule has 27 heavy (non-hydrogen) atoms. The molecule has 0 unspecified atom stereocenters. The van der Waals surface area contributed by atoms with Crippen LogP contribution in [0.2, 0.25) is 0 Å². The molecule has 0 spiro atoms. The van der Waals surface area contributed by atoms with E-state index in [1.54, 1.807) is 30.3 Å². The molecule has 1 aromatic heterocycles. The Balaban J connectivity index is 1.79. The summed E-state index contributed by atoms with van der Waals surface area (Å²) in [6.45, 7) is 0.296. The van der Waals surface area contributed by atoms with Gasteiger partial charge in [-0.1, -0.05) is 59.1 Å². The Morgan fingerprint density at radius 2 is 1.81 bits per heavy atom. The van der Waals surface area contributed by atoms with E-state index < -0.39 is 33.2 Å². The Labute approximate surface area is 168 Å². The van der Waals surface area contributed by atoms with Crippen molar-refractivity contribution in [2.24, 2.45) is 0 Å². The minimum absolute atomic E-state index is 0.296. The van der Waals surface area contributed by atoms with Crippen molar-refractivity contribution < 1.29 is 4.79 Å². The number of nitrogens with one attached hydrogen (secondary N) is 1. The van der Waals surface area contributed by atoms with E-state index in [9.17, 15) is 14.4 Å². The first kappa shape index (κ1) is 18.4. The molecule has 4 rings (SSSR count). The number of carbonyl (C=O) groups is 1. The van der Waals surface area contributed by atoms with Gasteiger partial charge in [0.25, 0.3) is 9.70 Å². The average Bonchev–Trinajstić information content (AvgIpc) is 3.14. The second-order valence-electron chi connectivity index (χ2n) is 6.50. The highest BCUT2D eigenvalue weighted by Crippen LogP contribution is 2.37. The van der Waals surface area contributed by atoms with Crippen molar-refractivity contribution in [3.63, 3.8) is 0 Å². The number of nitrogens with zero attached hydrogens (tertiary/aromatic N) is 3. The van der Waals surface area contributed by atoms with Crippen LogP contribution in [0.4, 0.5) is 0 Å². The normalized spacial score (nSPS) is 21.4. The predicted molar refractivity (Wildman–Crippen MR) is 103 cm³/mol. The predicted octanol–water partition coefficient (Wildman–Crippen LogP) is 1.93. The number of carbonyl (C=O) groups excluding carboxylic acids is 1. The lowest BCUT2D eigenvalue weighted by Gasteiger charge is -2.28. The summed E-state index contributed by atoms with van der Waals surface area (Å²) < 4.78 is 1.81. The number of para-hydroxylation sites is 1. The number of fused-ring (bicyclic) bond motifs is 3. The van der Waals surface area contributed by atoms with E-state index in [4.69, 9.17) is 34.8 Å². The van der Waals surface area contributed by atoms with Gasteiger partial charge >= 0.3 is 11.4 Å². The van der Waals surface area contributed by atoms with Crippen LogP contribution in [0.25, 0.3) is 5.69 Å². The number of halogens is 3. The number of rotatable bonds is 2. The number of alkyl halides is 3. The molecule has 0 saturated heterocycles. The van der Waals surface area contributed by atoms with Crippen LogP contribution in [0.15, 0.2) is 51.6 Å². The summed E-state index contributed by atoms with van der Waals surface area (Å²) in [6.07, 6.45) is 3.19. The minimum atomic E-state index is -2.10. The molecule has 142 valence electrons. The molecule has 1 amide bonds. The fraction of sp³-hybridized carbons (Fsp3) is 0.353. The summed E-state index contributed by atoms with van der Waals surface area (Å²) in [5.74, 6) is -0.756. The van der Waals surface area contributed by atoms with Crippen LogP contribution in [0.1, 0.15) is 18.9 Å². The molecule has 1 N–H and O–H groups in total. The van der Waals surface area contributed by atoms with Crippen LogP contribution in [0.5, 0.6) is 0 Å². The van der Waals surface area contributed by atoms with Gasteiger partial charge in [-0.05, 0) is 30.5 Å². The minimum Gasteiger partial charge on any atom is -0.347 e. The molecule has 2 atom stereocenters. The number of aromatic nitrogens is 3. The third-order valence-electron chi connectivity index (χ3n) is 4.94. The van der Waals surface area contributed by atoms with E-state index in [1.165, 1.54) is 9.36 Å². The third kappa shape index (κ3) is 3.03. The van der Waals surface area contributed by atoms with Crippen molar-refractivity contribution in [2.75, 3.05) is 0 Å². The molecular weight excluding hydrogens is 415 g/mol. The van der Waals surface area contributed by atoms with Gasteiger partial charge in [-0.25, -0.2) is 23.5 Å². The van der Waals surface area contributed by atoms with Crippen LogP contribution in [0.3, 0.4) is 0 Å². The molecule has 1 saturated carbocycles. The van der Waals surface area contributed by atoms with Gasteiger partial charge < -0.3 is 5.32 Å². The Kier molecular flexibility index (Phi) is 4.49. The van der Waals surface area contributed by atoms with Gasteiger partial charge in [0.15, 0.2) is 0 Å². The van der Waals surface area contributed by atoms with Gasteiger partial charge in [-0.2, -0.15) is 0 Å². The van der Waals surface area contributed by atoms with E-state index in [1.807, 2.05) is 6.08 Å². The lowest BCUT2D eigenvalue weighted by atomic mass is 10.1. The molecule has 2 aromatic rings. The lowest BCUT2D eigenvalue weighted by molar-refractivity contribution is -0.121. The topological polar surface area (TPSA) is 78.0 Å². The van der Waals surface area contributed by atoms with Crippen LogP contribution < -0.4 is 16.7 Å². The van der Waals surface area contributed by atoms with E-state index in [2.05, 4.69) is 5.32 Å². The van der Waals surface area contributed by atoms with Crippen molar-refractivity contribution in [1.29, 1.82) is 0 Å². The maximum Gasteiger partial charge on any atom is 0.352 e. The van der Waals surface area contributed by atoms with E-state index in [0.29, 0.717) is 25.1 Å². The van der Waals surface area contributed by atoms with Crippen LogP contribution in [0, 0.1) is 0 Å². The number of benzene rings is 1. The molecule has 2 aliphatic rings. The summed E-state index contributed by atoms with van der Waals surface area (Å²) in [5, 5.41) is 2.69. The van der Waals surface area contributed by atoms with E-state index in [0.717, 1.165) is 10.1 Å². The zero-order chi connectivity index (χ0) is 19.3. The molecular formula is C17H15Cl3N4O3. The van der Waals surface area contributed by atoms with Crippen molar-refractivity contribution in [3.8, 4) is 5.69 Å². The summed E-state index contributed by atoms with van der Waals surface area (Å²) in [4.78, 5) is 38.0. The number of allylic oxidation sites excluding steroid dienone is 1. The molecule has 7 nitrogen and oxygen atoms in total. The molecule has 1 fully saturated rings. The Morgan fingerprint density at radius 1 is 1.11 bits per heavy atom. The van der Waals surface area contributed by atoms with Gasteiger partial charge in [0.2, 0.25) is 0 Å². The van der Waals surface area contributed by atoms with Gasteiger partial charge in [-0.15, -0.1) is 0 Å². The summed E-state index contributed by atoms with van der Waals surface area (Å²) >= 11 is 17.0. The standard InChI is InChI=1S/C17H15Cl3N4O3/c18-17(19,20)14(25)21-12-7-6-10-8-9-22-15(26)23(11-4-2-1-3-5-11)16(27)24(22)13(10)12/h1-5,8,12-13H,6-7,9H2,(H,21,25)/t12-,13+/m1/s1. The molecule has 10 heteroatoms. The largest absolute Gasteiger partial charge is 0.352 e. The molecule has 1 aromatic carbocycles. The first-order valence-electron chi connectivity index (χ1n) is 8.35. The smallest absolute Gasteiger partial charge is 0.347 e. The lowest BCUT2D eigenvalue weighted by Crippen LogP contribution is -2.47. The first-order chi connectivity index (χ1) is 12.8. The quantitative estimate of drug-likeness (QED) is 0.585. The maximum atomic E-state index is 13.1. The summed E-state index contributed by atoms with van der Waals surface area (Å²) in [5.41, 5.74) is 0.580. The van der Waals surface area contributed by atoms with Gasteiger partial charge in [0.1, 0.15) is 0 Å². The molecule has 2 heterocycles. The zero-order valence-corrected chi connectivity index (χ0v) is 16.2. The Morgan fingerprint density at radius 3 is 2.48 bits per heavy atom. The Hall–Kier alpha value is -1.96. The molecule has 0 radical (unpaired) electrons. The second-order valence-corrected chi connectivity index (χ2v) is 8.78. The fourth-order valence-corrected chi connectivity index (χ4v) is 3.93. The van der Waals surface area contributed by atoms with Crippen LogP contribution in [-0.2, 0) is 11.3 Å². The molecule has 1 aliphatic carbocycles. The second kappa shape index (κ2) is 6.58. The van der Waals surface area contributed by atoms with E-state index in [-0.39, 0.29) is 0 Å². The highest BCUT2D eigenvalue weighted by Gasteiger charge is 2.42. The number of hydrogen-bond acceptors (Lipinski definition) is 3. The number of hydrogen-bond donors (Lipinski definition) is 1. The fourth-order valence-electron chi connectivity index (χ4n) is 3.77. The van der Waals surface area contributed by atoms with Crippen LogP contribution >= 0.6 is 34.8 Å². The summed E-state index contributed by atoms with van der Waals surface area (Å²) in [7, 11) is 0. The average molecular weight is 430 g/mol. The van der Waals surface area contributed by atoms with Gasteiger partial charge in [0.05, 0.1) is 24.3 Å². The van der Waals surface area contributed by atoms with Crippen molar-refractivity contribution in [1.82, 2.24) is 19.2 Å². The monoisotopic (exact) mass is 428 g/mol. The van der Waals surface area contributed by atoms with E-state index >= 15 is 0 Å². The highest BCUT2D eigenvalue weighted by atomic mass is 35.6. The zero-order valence-electron chi connectivity index (χ0n) is 13.9. The SMILES string of the molecule is O=C(N[C@@H]1CCC2=CCn3c(=O)n(-c4ccccc4)c(=O)n3[C@@H]21)C(Cl)(Cl)Cl. The summed E-state index contributed by atoms with van der Waals surface area (Å²) in [6, 6.07) is 7.77. The molecule has 1 aliphatic heterocycles. The number of amides is 1. The maximum absolute atomic E-state index is 13.1. The molecule has 0 bridgehead atoms. The van der Waals surface area contributed by atoms with Crippen molar-refractivity contribution in [3.05, 3.63) is 62.9 Å². The first-order valence-corrected chi connectivity index (χ1v) is 9.49. The van der Waals surface area contributed by atoms with Crippen LogP contribution in [-0.4, -0.2) is 29.7 Å². The Bertz CT molecular complexity index is 1050. The van der Waals surface area contributed by atoms with Gasteiger partial charge in [-0.3, -0.25) is 4.79 Å². The van der Waals surface area contributed by atoms with Crippen molar-refractivity contribution >= 4 is 40.7 Å². The third-order valence-corrected chi connectivity index (χ3v) is 5.46.